The Morgan fingerprint density at radius 1 is 1.39 bits per heavy atom. The van der Waals surface area contributed by atoms with Crippen molar-refractivity contribution in [2.24, 2.45) is 0 Å². The molecule has 9 heteroatoms. The molecule has 1 unspecified atom stereocenters. The predicted octanol–water partition coefficient (Wildman–Crippen LogP) is 3.24. The molecule has 0 aliphatic carbocycles. The summed E-state index contributed by atoms with van der Waals surface area (Å²) in [5.41, 5.74) is 7.31. The van der Waals surface area contributed by atoms with Gasteiger partial charge in [-0.15, -0.1) is 11.3 Å². The normalized spacial score (nSPS) is 21.6. The lowest BCUT2D eigenvalue weighted by molar-refractivity contribution is 0.122. The van der Waals surface area contributed by atoms with Crippen LogP contribution < -0.4 is 10.6 Å². The molecule has 0 radical (unpaired) electrons. The van der Waals surface area contributed by atoms with E-state index in [4.69, 9.17) is 22.1 Å². The summed E-state index contributed by atoms with van der Waals surface area (Å²) in [6, 6.07) is 6.07. The lowest BCUT2D eigenvalue weighted by atomic mass is 9.81. The van der Waals surface area contributed by atoms with E-state index in [2.05, 4.69) is 37.8 Å². The maximum Gasteiger partial charge on any atom is 0.222 e. The fourth-order valence-electron chi connectivity index (χ4n) is 4.16. The molecule has 1 spiro atoms. The van der Waals surface area contributed by atoms with E-state index in [1.165, 1.54) is 23.1 Å². The van der Waals surface area contributed by atoms with Crippen molar-refractivity contribution in [3.05, 3.63) is 57.1 Å². The average molecular weight is 454 g/mol. The van der Waals surface area contributed by atoms with Gasteiger partial charge in [-0.3, -0.25) is 0 Å². The Morgan fingerprint density at radius 2 is 2.26 bits per heavy atom. The average Bonchev–Trinajstić information content (AvgIpc) is 3.50. The van der Waals surface area contributed by atoms with Gasteiger partial charge in [-0.2, -0.15) is 4.98 Å². The molecule has 2 atom stereocenters. The molecule has 158 valence electrons. The van der Waals surface area contributed by atoms with Gasteiger partial charge in [0.15, 0.2) is 11.4 Å². The third-order valence-corrected chi connectivity index (χ3v) is 6.97. The number of ether oxygens (including phenoxy) is 1. The van der Waals surface area contributed by atoms with E-state index in [1.807, 2.05) is 17.5 Å². The number of rotatable bonds is 2. The predicted molar refractivity (Wildman–Crippen MR) is 121 cm³/mol. The second-order valence-electron chi connectivity index (χ2n) is 7.96. The smallest absolute Gasteiger partial charge is 0.222 e. The second kappa shape index (κ2) is 7.46. The number of halogens is 1. The monoisotopic (exact) mass is 453 g/mol. The van der Waals surface area contributed by atoms with E-state index < -0.39 is 5.60 Å². The van der Waals surface area contributed by atoms with Gasteiger partial charge in [0.2, 0.25) is 5.95 Å². The number of benzene rings is 1. The van der Waals surface area contributed by atoms with E-state index in [9.17, 15) is 5.11 Å². The second-order valence-corrected chi connectivity index (χ2v) is 9.26. The fourth-order valence-corrected chi connectivity index (χ4v) is 5.01. The first-order valence-electron chi connectivity index (χ1n) is 9.81. The third-order valence-electron chi connectivity index (χ3n) is 5.72. The van der Waals surface area contributed by atoms with Gasteiger partial charge in [0.1, 0.15) is 10.0 Å². The van der Waals surface area contributed by atoms with Crippen LogP contribution in [0.2, 0.25) is 5.02 Å². The van der Waals surface area contributed by atoms with E-state index in [0.717, 1.165) is 17.7 Å². The maximum absolute atomic E-state index is 10.7. The standard InChI is InChI=1S/C22H20ClN5O2S/c1-21(29,19-25-7-9-31-19)5-4-14-2-3-15-17(10-14)28(12-22(15)6-8-30-13-22)18-16(23)11-26-20(24)27-18/h2-3,7,9-11,29H,6,8,12-13H2,1H3,(H2,24,26,27)/t21?,22-/m0/s1. The van der Waals surface area contributed by atoms with Gasteiger partial charge in [-0.1, -0.05) is 29.5 Å². The van der Waals surface area contributed by atoms with Crippen molar-refractivity contribution in [3.63, 3.8) is 0 Å². The molecule has 2 aromatic heterocycles. The highest BCUT2D eigenvalue weighted by Crippen LogP contribution is 2.49. The fraction of sp³-hybridized carbons (Fsp3) is 0.318. The molecule has 0 amide bonds. The molecular weight excluding hydrogens is 434 g/mol. The number of anilines is 3. The number of nitrogens with two attached hydrogens (primary N) is 1. The van der Waals surface area contributed by atoms with Gasteiger partial charge in [0, 0.05) is 41.4 Å². The zero-order chi connectivity index (χ0) is 21.6. The largest absolute Gasteiger partial charge is 0.380 e. The first-order chi connectivity index (χ1) is 14.9. The van der Waals surface area contributed by atoms with Gasteiger partial charge in [-0.05, 0) is 31.0 Å². The molecule has 1 aromatic carbocycles. The Hall–Kier alpha value is -2.70. The summed E-state index contributed by atoms with van der Waals surface area (Å²) in [4.78, 5) is 14.6. The van der Waals surface area contributed by atoms with Crippen LogP contribution in [0.3, 0.4) is 0 Å². The highest BCUT2D eigenvalue weighted by Gasteiger charge is 2.46. The zero-order valence-electron chi connectivity index (χ0n) is 16.8. The number of hydrogen-bond donors (Lipinski definition) is 2. The minimum atomic E-state index is -1.32. The summed E-state index contributed by atoms with van der Waals surface area (Å²) in [6.07, 6.45) is 4.09. The summed E-state index contributed by atoms with van der Waals surface area (Å²) in [6.45, 7) is 3.68. The van der Waals surface area contributed by atoms with Crippen LogP contribution in [0.15, 0.2) is 36.0 Å². The molecule has 0 bridgehead atoms. The lowest BCUT2D eigenvalue weighted by Gasteiger charge is -2.24. The highest BCUT2D eigenvalue weighted by atomic mass is 35.5. The molecule has 4 heterocycles. The summed E-state index contributed by atoms with van der Waals surface area (Å²) in [7, 11) is 0. The summed E-state index contributed by atoms with van der Waals surface area (Å²) in [5.74, 6) is 6.78. The zero-order valence-corrected chi connectivity index (χ0v) is 18.4. The first kappa shape index (κ1) is 20.2. The van der Waals surface area contributed by atoms with Gasteiger partial charge in [0.25, 0.3) is 0 Å². The Bertz CT molecular complexity index is 1200. The quantitative estimate of drug-likeness (QED) is 0.575. The van der Waals surface area contributed by atoms with Crippen LogP contribution >= 0.6 is 22.9 Å². The molecule has 2 aliphatic heterocycles. The van der Waals surface area contributed by atoms with Crippen LogP contribution in [0.4, 0.5) is 17.5 Å². The molecule has 3 N–H and O–H groups in total. The molecule has 1 fully saturated rings. The molecular formula is C22H20ClN5O2S. The van der Waals surface area contributed by atoms with Crippen molar-refractivity contribution in [1.29, 1.82) is 0 Å². The summed E-state index contributed by atoms with van der Waals surface area (Å²) < 4.78 is 5.76. The van der Waals surface area contributed by atoms with Crippen LogP contribution in [-0.4, -0.2) is 39.8 Å². The van der Waals surface area contributed by atoms with Gasteiger partial charge >= 0.3 is 0 Å². The van der Waals surface area contributed by atoms with Gasteiger partial charge < -0.3 is 20.5 Å². The molecule has 3 aromatic rings. The topological polar surface area (TPSA) is 97.4 Å². The molecule has 2 aliphatic rings. The minimum Gasteiger partial charge on any atom is -0.380 e. The number of aromatic nitrogens is 3. The van der Waals surface area contributed by atoms with E-state index in [-0.39, 0.29) is 11.4 Å². The third kappa shape index (κ3) is 3.54. The van der Waals surface area contributed by atoms with Gasteiger partial charge in [-0.25, -0.2) is 9.97 Å². The molecule has 31 heavy (non-hydrogen) atoms. The number of aliphatic hydroxyl groups is 1. The van der Waals surface area contributed by atoms with Crippen LogP contribution in [0.25, 0.3) is 0 Å². The van der Waals surface area contributed by atoms with E-state index in [0.29, 0.717) is 35.6 Å². The minimum absolute atomic E-state index is 0.128. The van der Waals surface area contributed by atoms with Crippen molar-refractivity contribution < 1.29 is 9.84 Å². The Morgan fingerprint density at radius 3 is 3.00 bits per heavy atom. The Balaban J connectivity index is 1.58. The first-order valence-corrected chi connectivity index (χ1v) is 11.1. The lowest BCUT2D eigenvalue weighted by Crippen LogP contribution is -2.32. The molecule has 0 saturated carbocycles. The molecule has 1 saturated heterocycles. The Labute approximate surface area is 188 Å². The van der Waals surface area contributed by atoms with Crippen LogP contribution in [0.1, 0.15) is 29.5 Å². The highest BCUT2D eigenvalue weighted by molar-refractivity contribution is 7.09. The number of hydrogen-bond acceptors (Lipinski definition) is 8. The number of nitrogen functional groups attached to an aromatic ring is 1. The number of thiazole rings is 1. The SMILES string of the molecule is CC(O)(C#Cc1ccc2c(c1)N(c1nc(N)ncc1Cl)C[C@]21CCOC1)c1nccs1. The van der Waals surface area contributed by atoms with Crippen LogP contribution in [-0.2, 0) is 15.8 Å². The van der Waals surface area contributed by atoms with Crippen molar-refractivity contribution in [3.8, 4) is 11.8 Å². The van der Waals surface area contributed by atoms with Gasteiger partial charge in [0.05, 0.1) is 12.8 Å². The van der Waals surface area contributed by atoms with Crippen molar-refractivity contribution in [2.45, 2.75) is 24.4 Å². The van der Waals surface area contributed by atoms with Crippen molar-refractivity contribution in [1.82, 2.24) is 15.0 Å². The Kier molecular flexibility index (Phi) is 4.87. The molecule has 7 nitrogen and oxygen atoms in total. The van der Waals surface area contributed by atoms with E-state index >= 15 is 0 Å². The van der Waals surface area contributed by atoms with Crippen molar-refractivity contribution in [2.75, 3.05) is 30.4 Å². The van der Waals surface area contributed by atoms with Crippen LogP contribution in [0.5, 0.6) is 0 Å². The summed E-state index contributed by atoms with van der Waals surface area (Å²) in [5, 5.41) is 13.5. The van der Waals surface area contributed by atoms with E-state index in [1.54, 1.807) is 13.1 Å². The number of nitrogens with zero attached hydrogens (tertiary/aromatic N) is 4. The maximum atomic E-state index is 10.7. The van der Waals surface area contributed by atoms with Crippen LogP contribution in [0, 0.1) is 11.8 Å². The van der Waals surface area contributed by atoms with Crippen molar-refractivity contribution >= 4 is 40.4 Å². The molecule has 5 rings (SSSR count). The number of fused-ring (bicyclic) bond motifs is 2. The summed E-state index contributed by atoms with van der Waals surface area (Å²) >= 11 is 7.81.